The second-order valence-corrected chi connectivity index (χ2v) is 5.47. The van der Waals surface area contributed by atoms with Crippen molar-refractivity contribution in [3.63, 3.8) is 0 Å². The minimum atomic E-state index is 0.343. The molecule has 0 saturated carbocycles. The highest BCUT2D eigenvalue weighted by atomic mass is 32.1. The van der Waals surface area contributed by atoms with E-state index in [1.807, 2.05) is 0 Å². The Morgan fingerprint density at radius 2 is 2.28 bits per heavy atom. The summed E-state index contributed by atoms with van der Waals surface area (Å²) in [5.74, 6) is 0.887. The van der Waals surface area contributed by atoms with Crippen LogP contribution in [-0.2, 0) is 4.74 Å². The lowest BCUT2D eigenvalue weighted by atomic mass is 10.2. The highest BCUT2D eigenvalue weighted by Gasteiger charge is 2.19. The predicted molar refractivity (Wildman–Crippen MR) is 80.7 cm³/mol. The van der Waals surface area contributed by atoms with E-state index in [-0.39, 0.29) is 0 Å². The van der Waals surface area contributed by atoms with Crippen molar-refractivity contribution in [1.29, 1.82) is 0 Å². The summed E-state index contributed by atoms with van der Waals surface area (Å²) < 4.78 is 5.77. The molecule has 4 nitrogen and oxygen atoms in total. The number of rotatable bonds is 9. The SMILES string of the molecule is CCCN(C)CCN1CCO[C@H](CNCCS)C1. The first-order valence-electron chi connectivity index (χ1n) is 7.10. The Labute approximate surface area is 117 Å². The van der Waals surface area contributed by atoms with Gasteiger partial charge < -0.3 is 15.0 Å². The minimum Gasteiger partial charge on any atom is -0.374 e. The number of thiol groups is 1. The molecule has 0 unspecified atom stereocenters. The molecule has 1 aliphatic rings. The molecule has 1 rings (SSSR count). The van der Waals surface area contributed by atoms with Gasteiger partial charge in [-0.15, -0.1) is 0 Å². The Kier molecular flexibility index (Phi) is 9.06. The standard InChI is InChI=1S/C13H29N3OS/c1-3-5-15(2)6-7-16-8-9-17-13(12-16)11-14-4-10-18/h13-14,18H,3-12H2,1-2H3/t13-/m1/s1. The van der Waals surface area contributed by atoms with Crippen molar-refractivity contribution in [2.75, 3.05) is 65.2 Å². The van der Waals surface area contributed by atoms with E-state index in [9.17, 15) is 0 Å². The second-order valence-electron chi connectivity index (χ2n) is 5.02. The van der Waals surface area contributed by atoms with Gasteiger partial charge in [-0.05, 0) is 20.0 Å². The van der Waals surface area contributed by atoms with Crippen molar-refractivity contribution in [3.05, 3.63) is 0 Å². The number of likely N-dealkylation sites (N-methyl/N-ethyl adjacent to an activating group) is 1. The molecule has 0 bridgehead atoms. The molecule has 18 heavy (non-hydrogen) atoms. The van der Waals surface area contributed by atoms with Crippen LogP contribution in [0.5, 0.6) is 0 Å². The second kappa shape index (κ2) is 10.0. The Morgan fingerprint density at radius 3 is 3.00 bits per heavy atom. The topological polar surface area (TPSA) is 27.7 Å². The number of nitrogens with one attached hydrogen (secondary N) is 1. The molecule has 1 fully saturated rings. The van der Waals surface area contributed by atoms with Crippen LogP contribution in [0.3, 0.4) is 0 Å². The molecular formula is C13H29N3OS. The zero-order chi connectivity index (χ0) is 13.2. The maximum absolute atomic E-state index is 5.77. The third-order valence-electron chi connectivity index (χ3n) is 3.29. The molecule has 1 heterocycles. The molecule has 0 aliphatic carbocycles. The summed E-state index contributed by atoms with van der Waals surface area (Å²) in [6, 6.07) is 0. The van der Waals surface area contributed by atoms with Crippen molar-refractivity contribution >= 4 is 12.6 Å². The molecule has 1 aliphatic heterocycles. The first-order chi connectivity index (χ1) is 8.76. The van der Waals surface area contributed by atoms with Crippen LogP contribution < -0.4 is 5.32 Å². The van der Waals surface area contributed by atoms with E-state index < -0.39 is 0 Å². The average molecular weight is 275 g/mol. The molecule has 5 heteroatoms. The van der Waals surface area contributed by atoms with Gasteiger partial charge >= 0.3 is 0 Å². The first-order valence-corrected chi connectivity index (χ1v) is 7.73. The van der Waals surface area contributed by atoms with E-state index in [0.717, 1.165) is 51.6 Å². The third-order valence-corrected chi connectivity index (χ3v) is 3.51. The lowest BCUT2D eigenvalue weighted by molar-refractivity contribution is -0.0284. The van der Waals surface area contributed by atoms with E-state index >= 15 is 0 Å². The Hall–Kier alpha value is 0.190. The molecule has 0 aromatic rings. The van der Waals surface area contributed by atoms with Crippen molar-refractivity contribution < 1.29 is 4.74 Å². The maximum Gasteiger partial charge on any atom is 0.0826 e. The molecule has 0 aromatic carbocycles. The van der Waals surface area contributed by atoms with Crippen molar-refractivity contribution in [2.45, 2.75) is 19.4 Å². The molecule has 1 atom stereocenters. The van der Waals surface area contributed by atoms with Crippen LogP contribution in [0.25, 0.3) is 0 Å². The summed E-state index contributed by atoms with van der Waals surface area (Å²) in [5, 5.41) is 3.37. The zero-order valence-electron chi connectivity index (χ0n) is 11.9. The fourth-order valence-corrected chi connectivity index (χ4v) is 2.41. The summed E-state index contributed by atoms with van der Waals surface area (Å²) in [7, 11) is 2.20. The van der Waals surface area contributed by atoms with E-state index in [2.05, 4.69) is 41.7 Å². The lowest BCUT2D eigenvalue weighted by Crippen LogP contribution is -2.48. The predicted octanol–water partition coefficient (Wildman–Crippen LogP) is 0.548. The Bertz CT molecular complexity index is 207. The quantitative estimate of drug-likeness (QED) is 0.475. The van der Waals surface area contributed by atoms with Gasteiger partial charge in [0.1, 0.15) is 0 Å². The minimum absolute atomic E-state index is 0.343. The van der Waals surface area contributed by atoms with Crippen LogP contribution in [-0.4, -0.2) is 81.1 Å². The summed E-state index contributed by atoms with van der Waals surface area (Å²) in [5.41, 5.74) is 0. The van der Waals surface area contributed by atoms with Gasteiger partial charge in [0.05, 0.1) is 12.7 Å². The van der Waals surface area contributed by atoms with E-state index in [0.29, 0.717) is 6.10 Å². The van der Waals surface area contributed by atoms with Crippen molar-refractivity contribution in [1.82, 2.24) is 15.1 Å². The molecule has 1 saturated heterocycles. The van der Waals surface area contributed by atoms with Crippen LogP contribution in [0.15, 0.2) is 0 Å². The molecule has 108 valence electrons. The van der Waals surface area contributed by atoms with Gasteiger partial charge in [-0.25, -0.2) is 0 Å². The van der Waals surface area contributed by atoms with Gasteiger partial charge in [0.15, 0.2) is 0 Å². The van der Waals surface area contributed by atoms with Crippen molar-refractivity contribution in [3.8, 4) is 0 Å². The van der Waals surface area contributed by atoms with Gasteiger partial charge in [0.25, 0.3) is 0 Å². The summed E-state index contributed by atoms with van der Waals surface area (Å²) in [4.78, 5) is 4.92. The lowest BCUT2D eigenvalue weighted by Gasteiger charge is -2.34. The molecule has 0 amide bonds. The van der Waals surface area contributed by atoms with E-state index in [4.69, 9.17) is 4.74 Å². The van der Waals surface area contributed by atoms with Crippen LogP contribution in [0, 0.1) is 0 Å². The van der Waals surface area contributed by atoms with Gasteiger partial charge in [0, 0.05) is 45.0 Å². The summed E-state index contributed by atoms with van der Waals surface area (Å²) in [6.07, 6.45) is 1.57. The molecule has 0 aromatic heterocycles. The molecular weight excluding hydrogens is 246 g/mol. The van der Waals surface area contributed by atoms with E-state index in [1.165, 1.54) is 13.0 Å². The maximum atomic E-state index is 5.77. The van der Waals surface area contributed by atoms with Gasteiger partial charge in [-0.3, -0.25) is 4.90 Å². The Morgan fingerprint density at radius 1 is 1.44 bits per heavy atom. The molecule has 0 radical (unpaired) electrons. The van der Waals surface area contributed by atoms with E-state index in [1.54, 1.807) is 0 Å². The number of nitrogens with zero attached hydrogens (tertiary/aromatic N) is 2. The summed E-state index contributed by atoms with van der Waals surface area (Å²) >= 11 is 4.19. The highest BCUT2D eigenvalue weighted by Crippen LogP contribution is 2.04. The normalized spacial score (nSPS) is 21.7. The van der Waals surface area contributed by atoms with Crippen molar-refractivity contribution in [2.24, 2.45) is 0 Å². The van der Waals surface area contributed by atoms with Crippen LogP contribution in [0.4, 0.5) is 0 Å². The Balaban J connectivity index is 2.14. The number of hydrogen-bond donors (Lipinski definition) is 2. The van der Waals surface area contributed by atoms with Crippen LogP contribution in [0.2, 0.25) is 0 Å². The fraction of sp³-hybridized carbons (Fsp3) is 1.00. The number of ether oxygens (including phenoxy) is 1. The van der Waals surface area contributed by atoms with Gasteiger partial charge in [-0.1, -0.05) is 6.92 Å². The largest absolute Gasteiger partial charge is 0.374 e. The summed E-state index contributed by atoms with van der Waals surface area (Å²) in [6.45, 7) is 10.6. The van der Waals surface area contributed by atoms with Gasteiger partial charge in [0.2, 0.25) is 0 Å². The smallest absolute Gasteiger partial charge is 0.0826 e. The zero-order valence-corrected chi connectivity index (χ0v) is 12.8. The van der Waals surface area contributed by atoms with Crippen LogP contribution in [0.1, 0.15) is 13.3 Å². The number of hydrogen-bond acceptors (Lipinski definition) is 5. The third kappa shape index (κ3) is 6.95. The first kappa shape index (κ1) is 16.2. The molecule has 1 N–H and O–H groups in total. The monoisotopic (exact) mass is 275 g/mol. The number of morpholine rings is 1. The van der Waals surface area contributed by atoms with Crippen LogP contribution >= 0.6 is 12.6 Å². The fourth-order valence-electron chi connectivity index (χ4n) is 2.25. The average Bonchev–Trinajstić information content (AvgIpc) is 2.38. The molecule has 0 spiro atoms. The highest BCUT2D eigenvalue weighted by molar-refractivity contribution is 7.80. The van der Waals surface area contributed by atoms with Gasteiger partial charge in [-0.2, -0.15) is 12.6 Å².